The summed E-state index contributed by atoms with van der Waals surface area (Å²) in [5.41, 5.74) is 4.20. The number of nitriles is 1. The fourth-order valence-corrected chi connectivity index (χ4v) is 4.82. The van der Waals surface area contributed by atoms with E-state index in [1.54, 1.807) is 37.4 Å². The number of rotatable bonds is 10. The van der Waals surface area contributed by atoms with E-state index < -0.39 is 5.91 Å². The maximum Gasteiger partial charge on any atom is 0.266 e. The molecule has 0 radical (unpaired) electrons. The maximum absolute atomic E-state index is 12.9. The number of hydrogen-bond acceptors (Lipinski definition) is 5. The molecule has 0 aliphatic rings. The number of aryl methyl sites for hydroxylation is 1. The van der Waals surface area contributed by atoms with Crippen LogP contribution in [0.5, 0.6) is 17.2 Å². The highest BCUT2D eigenvalue weighted by atomic mass is 127. The van der Waals surface area contributed by atoms with Crippen LogP contribution in [-0.4, -0.2) is 13.0 Å². The molecule has 0 heterocycles. The van der Waals surface area contributed by atoms with Gasteiger partial charge in [-0.25, -0.2) is 0 Å². The van der Waals surface area contributed by atoms with E-state index in [2.05, 4.69) is 34.0 Å². The summed E-state index contributed by atoms with van der Waals surface area (Å²) in [6, 6.07) is 28.0. The Labute approximate surface area is 252 Å². The third-order valence-corrected chi connectivity index (χ3v) is 7.03. The monoisotopic (exact) mass is 664 g/mol. The predicted molar refractivity (Wildman–Crippen MR) is 166 cm³/mol. The fraction of sp³-hybridized carbons (Fsp3) is 0.125. The fourth-order valence-electron chi connectivity index (χ4n) is 3.85. The molecule has 0 bridgehead atoms. The van der Waals surface area contributed by atoms with Gasteiger partial charge in [-0.2, -0.15) is 5.26 Å². The largest absolute Gasteiger partial charge is 0.493 e. The number of halogens is 2. The summed E-state index contributed by atoms with van der Waals surface area (Å²) in [5, 5.41) is 13.1. The zero-order valence-electron chi connectivity index (χ0n) is 21.9. The van der Waals surface area contributed by atoms with Gasteiger partial charge in [0.1, 0.15) is 30.6 Å². The van der Waals surface area contributed by atoms with E-state index in [9.17, 15) is 10.1 Å². The molecule has 4 aromatic rings. The van der Waals surface area contributed by atoms with Crippen LogP contribution in [0.2, 0.25) is 5.02 Å². The van der Waals surface area contributed by atoms with Crippen molar-refractivity contribution in [2.75, 3.05) is 12.4 Å². The van der Waals surface area contributed by atoms with Gasteiger partial charge in [0.25, 0.3) is 5.91 Å². The number of ether oxygens (including phenoxy) is 3. The van der Waals surface area contributed by atoms with Crippen LogP contribution in [0.25, 0.3) is 6.08 Å². The van der Waals surface area contributed by atoms with Crippen molar-refractivity contribution in [1.29, 1.82) is 5.26 Å². The lowest BCUT2D eigenvalue weighted by Crippen LogP contribution is -2.13. The first-order chi connectivity index (χ1) is 19.4. The molecule has 0 atom stereocenters. The second-order valence-electron chi connectivity index (χ2n) is 8.84. The molecule has 0 unspecified atom stereocenters. The second-order valence-corrected chi connectivity index (χ2v) is 10.4. The normalized spacial score (nSPS) is 10.9. The summed E-state index contributed by atoms with van der Waals surface area (Å²) in [7, 11) is 1.55. The third-order valence-electron chi connectivity index (χ3n) is 5.86. The molecule has 0 spiro atoms. The molecule has 0 aromatic heterocycles. The summed E-state index contributed by atoms with van der Waals surface area (Å²) in [6.07, 6.45) is 1.52. The minimum atomic E-state index is -0.527. The quantitative estimate of drug-likeness (QED) is 0.106. The SMILES string of the molecule is COc1cc(/C=C(\C#N)C(=O)Nc2ccc(OCc3ccccc3Cl)cc2)cc(I)c1OCc1cccc(C)c1. The number of methoxy groups -OCH3 is 1. The Morgan fingerprint density at radius 1 is 1.00 bits per heavy atom. The molecular formula is C32H26ClIN2O4. The molecule has 1 amide bonds. The average molecular weight is 665 g/mol. The van der Waals surface area contributed by atoms with Crippen LogP contribution in [-0.2, 0) is 18.0 Å². The Hall–Kier alpha value is -4.00. The van der Waals surface area contributed by atoms with E-state index in [4.69, 9.17) is 25.8 Å². The third kappa shape index (κ3) is 7.78. The molecule has 4 aromatic carbocycles. The Morgan fingerprint density at radius 3 is 2.48 bits per heavy atom. The van der Waals surface area contributed by atoms with Gasteiger partial charge in [-0.05, 0) is 89.2 Å². The van der Waals surface area contributed by atoms with Crippen LogP contribution < -0.4 is 19.5 Å². The molecule has 1 N–H and O–H groups in total. The van der Waals surface area contributed by atoms with E-state index >= 15 is 0 Å². The highest BCUT2D eigenvalue weighted by Gasteiger charge is 2.15. The summed E-state index contributed by atoms with van der Waals surface area (Å²) in [4.78, 5) is 12.9. The standard InChI is InChI=1S/C32H26ClIN2O4/c1-21-6-5-7-22(14-21)19-40-31-29(34)16-23(17-30(31)38-2)15-25(18-35)32(37)36-26-10-12-27(13-11-26)39-20-24-8-3-4-9-28(24)33/h3-17H,19-20H2,1-2H3,(H,36,37)/b25-15+. The minimum absolute atomic E-state index is 0.0506. The minimum Gasteiger partial charge on any atom is -0.493 e. The lowest BCUT2D eigenvalue weighted by atomic mass is 10.1. The number of carbonyl (C=O) groups is 1. The molecule has 0 aliphatic carbocycles. The van der Waals surface area contributed by atoms with Gasteiger partial charge < -0.3 is 19.5 Å². The van der Waals surface area contributed by atoms with E-state index in [-0.39, 0.29) is 5.57 Å². The van der Waals surface area contributed by atoms with E-state index in [1.165, 1.54) is 6.08 Å². The number of carbonyl (C=O) groups excluding carboxylic acids is 1. The first-order valence-electron chi connectivity index (χ1n) is 12.3. The van der Waals surface area contributed by atoms with Gasteiger partial charge in [-0.3, -0.25) is 4.79 Å². The van der Waals surface area contributed by atoms with Crippen LogP contribution in [0.3, 0.4) is 0 Å². The molecule has 202 valence electrons. The number of nitrogens with one attached hydrogen (secondary N) is 1. The van der Waals surface area contributed by atoms with Gasteiger partial charge in [0.05, 0.1) is 10.7 Å². The van der Waals surface area contributed by atoms with Crippen molar-refractivity contribution in [2.45, 2.75) is 20.1 Å². The summed E-state index contributed by atoms with van der Waals surface area (Å²) >= 11 is 8.33. The Kier molecular flexibility index (Phi) is 10.1. The number of amides is 1. The topological polar surface area (TPSA) is 80.6 Å². The van der Waals surface area contributed by atoms with Gasteiger partial charge in [0.2, 0.25) is 0 Å². The first-order valence-corrected chi connectivity index (χ1v) is 13.8. The molecule has 0 aliphatic heterocycles. The number of anilines is 1. The Balaban J connectivity index is 1.42. The van der Waals surface area contributed by atoms with Crippen molar-refractivity contribution in [3.8, 4) is 23.3 Å². The molecule has 4 rings (SSSR count). The van der Waals surface area contributed by atoms with Crippen molar-refractivity contribution in [3.63, 3.8) is 0 Å². The number of nitrogens with zero attached hydrogens (tertiary/aromatic N) is 1. The molecule has 0 saturated carbocycles. The van der Waals surface area contributed by atoms with Gasteiger partial charge in [-0.1, -0.05) is 59.6 Å². The van der Waals surface area contributed by atoms with Gasteiger partial charge in [0.15, 0.2) is 11.5 Å². The summed E-state index contributed by atoms with van der Waals surface area (Å²) < 4.78 is 18.2. The summed E-state index contributed by atoms with van der Waals surface area (Å²) in [5.74, 6) is 1.21. The predicted octanol–water partition coefficient (Wildman–Crippen LogP) is 7.97. The molecule has 0 saturated heterocycles. The molecular weight excluding hydrogens is 639 g/mol. The zero-order chi connectivity index (χ0) is 28.5. The maximum atomic E-state index is 12.9. The van der Waals surface area contributed by atoms with Gasteiger partial charge >= 0.3 is 0 Å². The molecule has 0 fully saturated rings. The van der Waals surface area contributed by atoms with E-state index in [0.717, 1.165) is 20.3 Å². The van der Waals surface area contributed by atoms with Gasteiger partial charge in [0, 0.05) is 16.3 Å². The van der Waals surface area contributed by atoms with Crippen molar-refractivity contribution < 1.29 is 19.0 Å². The average Bonchev–Trinajstić information content (AvgIpc) is 2.95. The van der Waals surface area contributed by atoms with Crippen LogP contribution in [0.1, 0.15) is 22.3 Å². The second kappa shape index (κ2) is 13.9. The van der Waals surface area contributed by atoms with Crippen LogP contribution in [0.4, 0.5) is 5.69 Å². The van der Waals surface area contributed by atoms with Crippen molar-refractivity contribution >= 4 is 51.9 Å². The Bertz CT molecular complexity index is 1580. The number of benzene rings is 4. The van der Waals surface area contributed by atoms with E-state index in [1.807, 2.05) is 61.5 Å². The molecule has 40 heavy (non-hydrogen) atoms. The van der Waals surface area contributed by atoms with Crippen molar-refractivity contribution in [1.82, 2.24) is 0 Å². The summed E-state index contributed by atoms with van der Waals surface area (Å²) in [6.45, 7) is 2.74. The smallest absolute Gasteiger partial charge is 0.266 e. The first kappa shape index (κ1) is 29.0. The van der Waals surface area contributed by atoms with Crippen LogP contribution in [0, 0.1) is 21.8 Å². The lowest BCUT2D eigenvalue weighted by molar-refractivity contribution is -0.112. The van der Waals surface area contributed by atoms with Crippen molar-refractivity contribution in [2.24, 2.45) is 0 Å². The zero-order valence-corrected chi connectivity index (χ0v) is 24.8. The molecule has 6 nitrogen and oxygen atoms in total. The van der Waals surface area contributed by atoms with E-state index in [0.29, 0.717) is 46.7 Å². The van der Waals surface area contributed by atoms with Crippen molar-refractivity contribution in [3.05, 3.63) is 121 Å². The highest BCUT2D eigenvalue weighted by molar-refractivity contribution is 14.1. The Morgan fingerprint density at radius 2 is 1.77 bits per heavy atom. The van der Waals surface area contributed by atoms with Gasteiger partial charge in [-0.15, -0.1) is 0 Å². The lowest BCUT2D eigenvalue weighted by Gasteiger charge is -2.14. The number of hydrogen-bond donors (Lipinski definition) is 1. The molecule has 8 heteroatoms. The highest BCUT2D eigenvalue weighted by Crippen LogP contribution is 2.35. The van der Waals surface area contributed by atoms with Crippen LogP contribution in [0.15, 0.2) is 90.5 Å². The van der Waals surface area contributed by atoms with Crippen LogP contribution >= 0.6 is 34.2 Å².